The number of benzene rings is 1. The number of rotatable bonds is 3. The molecule has 0 aliphatic carbocycles. The Kier molecular flexibility index (Phi) is 2.95. The lowest BCUT2D eigenvalue weighted by Gasteiger charge is -2.13. The summed E-state index contributed by atoms with van der Waals surface area (Å²) in [7, 11) is 1.56. The molecule has 0 spiro atoms. The van der Waals surface area contributed by atoms with Gasteiger partial charge in [0, 0.05) is 12.4 Å². The highest BCUT2D eigenvalue weighted by Gasteiger charge is 2.15. The summed E-state index contributed by atoms with van der Waals surface area (Å²) in [6.45, 7) is 3.43. The lowest BCUT2D eigenvalue weighted by Crippen LogP contribution is -2.06. The van der Waals surface area contributed by atoms with E-state index in [1.807, 2.05) is 29.8 Å². The number of aryl methyl sites for hydroxylation is 1. The van der Waals surface area contributed by atoms with E-state index in [4.69, 9.17) is 4.74 Å². The van der Waals surface area contributed by atoms with Gasteiger partial charge in [-0.2, -0.15) is 0 Å². The highest BCUT2D eigenvalue weighted by Crippen LogP contribution is 2.26. The Morgan fingerprint density at radius 2 is 2.18 bits per heavy atom. The first kappa shape index (κ1) is 11.4. The second-order valence-corrected chi connectivity index (χ2v) is 3.76. The van der Waals surface area contributed by atoms with Gasteiger partial charge in [-0.15, -0.1) is 0 Å². The van der Waals surface area contributed by atoms with E-state index in [-0.39, 0.29) is 5.78 Å². The summed E-state index contributed by atoms with van der Waals surface area (Å²) in [5.41, 5.74) is 1.38. The SMILES string of the molecule is COc1cccc(-n2ccnc2C)c1C(C)=O. The van der Waals surface area contributed by atoms with Crippen LogP contribution in [0.1, 0.15) is 23.1 Å². The molecule has 88 valence electrons. The van der Waals surface area contributed by atoms with Gasteiger partial charge in [0.15, 0.2) is 5.78 Å². The van der Waals surface area contributed by atoms with Gasteiger partial charge in [-0.3, -0.25) is 4.79 Å². The molecule has 0 bridgehead atoms. The van der Waals surface area contributed by atoms with E-state index in [0.29, 0.717) is 11.3 Å². The van der Waals surface area contributed by atoms with Gasteiger partial charge in [-0.25, -0.2) is 4.98 Å². The van der Waals surface area contributed by atoms with Crippen LogP contribution in [-0.2, 0) is 0 Å². The van der Waals surface area contributed by atoms with Crippen molar-refractivity contribution in [2.24, 2.45) is 0 Å². The van der Waals surface area contributed by atoms with Crippen molar-refractivity contribution in [2.75, 3.05) is 7.11 Å². The Morgan fingerprint density at radius 3 is 2.71 bits per heavy atom. The minimum Gasteiger partial charge on any atom is -0.496 e. The van der Waals surface area contributed by atoms with E-state index in [1.165, 1.54) is 6.92 Å². The van der Waals surface area contributed by atoms with Crippen molar-refractivity contribution >= 4 is 5.78 Å². The predicted molar refractivity (Wildman–Crippen MR) is 64.9 cm³/mol. The molecule has 0 N–H and O–H groups in total. The Labute approximate surface area is 99.9 Å². The van der Waals surface area contributed by atoms with Crippen LogP contribution >= 0.6 is 0 Å². The monoisotopic (exact) mass is 230 g/mol. The van der Waals surface area contributed by atoms with Crippen LogP contribution in [0.3, 0.4) is 0 Å². The summed E-state index contributed by atoms with van der Waals surface area (Å²) in [6, 6.07) is 5.53. The Hall–Kier alpha value is -2.10. The average molecular weight is 230 g/mol. The van der Waals surface area contributed by atoms with Crippen molar-refractivity contribution in [3.05, 3.63) is 42.0 Å². The molecule has 1 heterocycles. The van der Waals surface area contributed by atoms with Crippen LogP contribution in [0.5, 0.6) is 5.75 Å². The van der Waals surface area contributed by atoms with Gasteiger partial charge in [0.2, 0.25) is 0 Å². The maximum atomic E-state index is 11.7. The molecule has 0 saturated heterocycles. The summed E-state index contributed by atoms with van der Waals surface area (Å²) in [5, 5.41) is 0. The third kappa shape index (κ3) is 1.93. The summed E-state index contributed by atoms with van der Waals surface area (Å²) < 4.78 is 7.10. The molecule has 1 aromatic heterocycles. The van der Waals surface area contributed by atoms with E-state index >= 15 is 0 Å². The van der Waals surface area contributed by atoms with Crippen molar-refractivity contribution in [3.63, 3.8) is 0 Å². The largest absolute Gasteiger partial charge is 0.496 e. The summed E-state index contributed by atoms with van der Waals surface area (Å²) in [6.07, 6.45) is 3.54. The van der Waals surface area contributed by atoms with Crippen molar-refractivity contribution in [2.45, 2.75) is 13.8 Å². The lowest BCUT2D eigenvalue weighted by molar-refractivity contribution is 0.101. The second kappa shape index (κ2) is 4.41. The first-order valence-electron chi connectivity index (χ1n) is 5.33. The number of aromatic nitrogens is 2. The van der Waals surface area contributed by atoms with Crippen molar-refractivity contribution in [1.29, 1.82) is 0 Å². The average Bonchev–Trinajstić information content (AvgIpc) is 2.74. The molecule has 17 heavy (non-hydrogen) atoms. The van der Waals surface area contributed by atoms with E-state index in [0.717, 1.165) is 11.5 Å². The number of carbonyl (C=O) groups is 1. The molecule has 0 fully saturated rings. The molecule has 0 atom stereocenters. The van der Waals surface area contributed by atoms with Gasteiger partial charge in [0.1, 0.15) is 11.6 Å². The second-order valence-electron chi connectivity index (χ2n) is 3.76. The molecule has 0 aliphatic rings. The molecular formula is C13H14N2O2. The van der Waals surface area contributed by atoms with Gasteiger partial charge in [0.05, 0.1) is 18.4 Å². The van der Waals surface area contributed by atoms with Gasteiger partial charge in [0.25, 0.3) is 0 Å². The Balaban J connectivity index is 2.70. The van der Waals surface area contributed by atoms with Gasteiger partial charge >= 0.3 is 0 Å². The standard InChI is InChI=1S/C13H14N2O2/c1-9(16)13-11(5-4-6-12(13)17-3)15-8-7-14-10(15)2/h4-8H,1-3H3. The molecule has 0 aliphatic heterocycles. The molecule has 0 saturated carbocycles. The normalized spacial score (nSPS) is 10.3. The van der Waals surface area contributed by atoms with E-state index < -0.39 is 0 Å². The van der Waals surface area contributed by atoms with Crippen molar-refractivity contribution < 1.29 is 9.53 Å². The van der Waals surface area contributed by atoms with Crippen molar-refractivity contribution in [1.82, 2.24) is 9.55 Å². The lowest BCUT2D eigenvalue weighted by atomic mass is 10.1. The first-order chi connectivity index (χ1) is 8.15. The van der Waals surface area contributed by atoms with Gasteiger partial charge in [-0.05, 0) is 26.0 Å². The molecule has 4 nitrogen and oxygen atoms in total. The van der Waals surface area contributed by atoms with Crippen molar-refractivity contribution in [3.8, 4) is 11.4 Å². The van der Waals surface area contributed by atoms with Gasteiger partial charge < -0.3 is 9.30 Å². The molecule has 0 amide bonds. The fourth-order valence-electron chi connectivity index (χ4n) is 1.88. The molecule has 0 radical (unpaired) electrons. The maximum Gasteiger partial charge on any atom is 0.165 e. The number of imidazole rings is 1. The quantitative estimate of drug-likeness (QED) is 0.760. The molecule has 4 heteroatoms. The van der Waals surface area contributed by atoms with Crippen LogP contribution in [-0.4, -0.2) is 22.4 Å². The van der Waals surface area contributed by atoms with Crippen LogP contribution in [0.4, 0.5) is 0 Å². The summed E-state index contributed by atoms with van der Waals surface area (Å²) in [4.78, 5) is 15.9. The fourth-order valence-corrected chi connectivity index (χ4v) is 1.88. The zero-order chi connectivity index (χ0) is 12.4. The minimum atomic E-state index is -0.0226. The highest BCUT2D eigenvalue weighted by molar-refractivity contribution is 6.00. The molecular weight excluding hydrogens is 216 g/mol. The third-order valence-electron chi connectivity index (χ3n) is 2.66. The molecule has 1 aromatic carbocycles. The van der Waals surface area contributed by atoms with Crippen LogP contribution < -0.4 is 4.74 Å². The number of hydrogen-bond acceptors (Lipinski definition) is 3. The smallest absolute Gasteiger partial charge is 0.165 e. The number of ether oxygens (including phenoxy) is 1. The zero-order valence-corrected chi connectivity index (χ0v) is 10.1. The summed E-state index contributed by atoms with van der Waals surface area (Å²) >= 11 is 0. The highest BCUT2D eigenvalue weighted by atomic mass is 16.5. The van der Waals surface area contributed by atoms with Crippen LogP contribution in [0, 0.1) is 6.92 Å². The van der Waals surface area contributed by atoms with E-state index in [1.54, 1.807) is 19.4 Å². The molecule has 2 aromatic rings. The number of nitrogens with zero attached hydrogens (tertiary/aromatic N) is 2. The third-order valence-corrected chi connectivity index (χ3v) is 2.66. The first-order valence-corrected chi connectivity index (χ1v) is 5.33. The maximum absolute atomic E-state index is 11.7. The number of methoxy groups -OCH3 is 1. The Morgan fingerprint density at radius 1 is 1.41 bits per heavy atom. The van der Waals surface area contributed by atoms with E-state index in [9.17, 15) is 4.79 Å². The fraction of sp³-hybridized carbons (Fsp3) is 0.231. The number of carbonyl (C=O) groups excluding carboxylic acids is 1. The predicted octanol–water partition coefficient (Wildman–Crippen LogP) is 2.39. The number of ketones is 1. The minimum absolute atomic E-state index is 0.0226. The number of hydrogen-bond donors (Lipinski definition) is 0. The Bertz CT molecular complexity index is 558. The van der Waals surface area contributed by atoms with Crippen LogP contribution in [0.25, 0.3) is 5.69 Å². The van der Waals surface area contributed by atoms with Gasteiger partial charge in [-0.1, -0.05) is 6.07 Å². The van der Waals surface area contributed by atoms with Crippen LogP contribution in [0.2, 0.25) is 0 Å². The van der Waals surface area contributed by atoms with E-state index in [2.05, 4.69) is 4.98 Å². The number of Topliss-reactive ketones (excluding diaryl/α,β-unsaturated/α-hetero) is 1. The molecule has 0 unspecified atom stereocenters. The molecule has 2 rings (SSSR count). The topological polar surface area (TPSA) is 44.1 Å². The van der Waals surface area contributed by atoms with Crippen LogP contribution in [0.15, 0.2) is 30.6 Å². The summed E-state index contributed by atoms with van der Waals surface area (Å²) in [5.74, 6) is 1.40. The zero-order valence-electron chi connectivity index (χ0n) is 10.1.